The molecule has 5 fully saturated rings. The van der Waals surface area contributed by atoms with Crippen molar-refractivity contribution in [1.82, 2.24) is 10.4 Å². The molecule has 5 rings (SSSR count). The van der Waals surface area contributed by atoms with Gasteiger partial charge < -0.3 is 0 Å². The molecule has 0 spiro atoms. The number of hydrogen-bond acceptors (Lipinski definition) is 2. The standard InChI is InChI=1S/C27H48N2/c1-2-11-23-14-7-8-21-15-16-25-13-5-6-19-29(27(25)20-21)28-26-18-17-24(26)12-4-3-10-22(23)9-1/h21-28H,1-20H2. The van der Waals surface area contributed by atoms with Gasteiger partial charge >= 0.3 is 0 Å². The molecule has 1 N–H and O–H groups in total. The molecule has 2 heteroatoms. The maximum absolute atomic E-state index is 4.14. The SMILES string of the molecule is C1CCC2CCCC3CCC4CCCCN(NC5CCC5CCCCC2C1)C4C3. The number of fused-ring (bicyclic) bond motifs is 3. The van der Waals surface area contributed by atoms with Crippen molar-refractivity contribution in [2.24, 2.45) is 29.6 Å². The molecule has 2 aliphatic heterocycles. The average molecular weight is 401 g/mol. The Bertz CT molecular complexity index is 505. The van der Waals surface area contributed by atoms with Gasteiger partial charge in [0.2, 0.25) is 0 Å². The lowest BCUT2D eigenvalue weighted by Gasteiger charge is -2.47. The molecule has 2 nitrogen and oxygen atoms in total. The molecule has 0 aromatic rings. The zero-order valence-corrected chi connectivity index (χ0v) is 19.1. The van der Waals surface area contributed by atoms with Crippen molar-refractivity contribution in [3.05, 3.63) is 0 Å². The second kappa shape index (κ2) is 10.0. The van der Waals surface area contributed by atoms with E-state index in [0.717, 1.165) is 41.7 Å². The Morgan fingerprint density at radius 3 is 1.83 bits per heavy atom. The quantitative estimate of drug-likeness (QED) is 0.467. The van der Waals surface area contributed by atoms with Crippen LogP contribution in [0.1, 0.15) is 122 Å². The van der Waals surface area contributed by atoms with E-state index in [-0.39, 0.29) is 0 Å². The van der Waals surface area contributed by atoms with Gasteiger partial charge in [-0.3, -0.25) is 5.43 Å². The molecule has 7 atom stereocenters. The first-order valence-electron chi connectivity index (χ1n) is 13.9. The Hall–Kier alpha value is -0.0800. The summed E-state index contributed by atoms with van der Waals surface area (Å²) in [6.07, 6.45) is 28.7. The van der Waals surface area contributed by atoms with Gasteiger partial charge in [-0.25, -0.2) is 5.01 Å². The summed E-state index contributed by atoms with van der Waals surface area (Å²) in [5, 5.41) is 2.81. The van der Waals surface area contributed by atoms with E-state index < -0.39 is 0 Å². The smallest absolute Gasteiger partial charge is 0.0274 e. The molecular formula is C27H48N2. The lowest BCUT2D eigenvalue weighted by molar-refractivity contribution is -0.000441. The molecule has 0 radical (unpaired) electrons. The first kappa shape index (κ1) is 20.8. The summed E-state index contributed by atoms with van der Waals surface area (Å²) in [6, 6.07) is 1.66. The predicted molar refractivity (Wildman–Crippen MR) is 123 cm³/mol. The lowest BCUT2D eigenvalue weighted by Crippen LogP contribution is -2.58. The summed E-state index contributed by atoms with van der Waals surface area (Å²) in [6.45, 7) is 1.32. The van der Waals surface area contributed by atoms with E-state index in [2.05, 4.69) is 10.4 Å². The van der Waals surface area contributed by atoms with Crippen molar-refractivity contribution in [1.29, 1.82) is 0 Å². The highest BCUT2D eigenvalue weighted by molar-refractivity contribution is 4.92. The molecule has 3 aliphatic carbocycles. The van der Waals surface area contributed by atoms with Crippen molar-refractivity contribution < 1.29 is 0 Å². The van der Waals surface area contributed by atoms with Gasteiger partial charge in [-0.15, -0.1) is 0 Å². The number of hydrogen-bond donors (Lipinski definition) is 1. The van der Waals surface area contributed by atoms with Crippen LogP contribution in [-0.4, -0.2) is 23.6 Å². The molecule has 0 aromatic heterocycles. The van der Waals surface area contributed by atoms with Gasteiger partial charge in [-0.1, -0.05) is 77.0 Å². The summed E-state index contributed by atoms with van der Waals surface area (Å²) in [5.41, 5.74) is 4.14. The molecule has 0 aromatic carbocycles. The largest absolute Gasteiger partial charge is 0.252 e. The van der Waals surface area contributed by atoms with Gasteiger partial charge in [-0.05, 0) is 74.5 Å². The second-order valence-electron chi connectivity index (χ2n) is 11.8. The van der Waals surface area contributed by atoms with E-state index in [1.165, 1.54) is 103 Å². The minimum Gasteiger partial charge on any atom is -0.252 e. The number of nitrogens with zero attached hydrogens (tertiary/aromatic N) is 1. The van der Waals surface area contributed by atoms with Gasteiger partial charge in [-0.2, -0.15) is 0 Å². The van der Waals surface area contributed by atoms with Gasteiger partial charge in [0.25, 0.3) is 0 Å². The maximum atomic E-state index is 4.14. The molecule has 166 valence electrons. The third-order valence-electron chi connectivity index (χ3n) is 10.1. The Morgan fingerprint density at radius 1 is 0.483 bits per heavy atom. The topological polar surface area (TPSA) is 15.3 Å². The number of rotatable bonds is 0. The molecule has 2 saturated heterocycles. The van der Waals surface area contributed by atoms with E-state index in [1.807, 2.05) is 0 Å². The Kier molecular flexibility index (Phi) is 7.19. The van der Waals surface area contributed by atoms with Crippen LogP contribution < -0.4 is 5.43 Å². The van der Waals surface area contributed by atoms with Crippen LogP contribution in [0.2, 0.25) is 0 Å². The molecule has 2 bridgehead atoms. The highest BCUT2D eigenvalue weighted by Crippen LogP contribution is 2.42. The minimum absolute atomic E-state index is 0.810. The second-order valence-corrected chi connectivity index (χ2v) is 11.8. The van der Waals surface area contributed by atoms with Gasteiger partial charge in [0, 0.05) is 18.6 Å². The average Bonchev–Trinajstić information content (AvgIpc) is 2.93. The summed E-state index contributed by atoms with van der Waals surface area (Å²) in [7, 11) is 0. The van der Waals surface area contributed by atoms with Gasteiger partial charge in [0.1, 0.15) is 0 Å². The highest BCUT2D eigenvalue weighted by Gasteiger charge is 2.39. The monoisotopic (exact) mass is 400 g/mol. The fourth-order valence-corrected chi connectivity index (χ4v) is 8.11. The summed E-state index contributed by atoms with van der Waals surface area (Å²) < 4.78 is 0. The van der Waals surface area contributed by atoms with E-state index in [4.69, 9.17) is 0 Å². The van der Waals surface area contributed by atoms with E-state index in [0.29, 0.717) is 0 Å². The van der Waals surface area contributed by atoms with Crippen LogP contribution in [0.3, 0.4) is 0 Å². The van der Waals surface area contributed by atoms with E-state index >= 15 is 0 Å². The number of hydrazine groups is 1. The van der Waals surface area contributed by atoms with Crippen LogP contribution >= 0.6 is 0 Å². The van der Waals surface area contributed by atoms with Crippen molar-refractivity contribution >= 4 is 0 Å². The molecule has 5 aliphatic rings. The van der Waals surface area contributed by atoms with Crippen molar-refractivity contribution in [3.8, 4) is 0 Å². The lowest BCUT2D eigenvalue weighted by atomic mass is 9.71. The molecule has 0 amide bonds. The van der Waals surface area contributed by atoms with Gasteiger partial charge in [0.05, 0.1) is 0 Å². The molecular weight excluding hydrogens is 352 g/mol. The van der Waals surface area contributed by atoms with Gasteiger partial charge in [0.15, 0.2) is 0 Å². The van der Waals surface area contributed by atoms with Crippen molar-refractivity contribution in [2.45, 2.75) is 134 Å². The summed E-state index contributed by atoms with van der Waals surface area (Å²) >= 11 is 0. The molecule has 3 saturated carbocycles. The zero-order chi connectivity index (χ0) is 19.5. The minimum atomic E-state index is 0.810. The van der Waals surface area contributed by atoms with Crippen molar-refractivity contribution in [2.75, 3.05) is 6.54 Å². The van der Waals surface area contributed by atoms with Crippen LogP contribution in [-0.2, 0) is 0 Å². The zero-order valence-electron chi connectivity index (χ0n) is 19.1. The molecule has 7 unspecified atom stereocenters. The van der Waals surface area contributed by atoms with Crippen LogP contribution in [0.25, 0.3) is 0 Å². The predicted octanol–water partition coefficient (Wildman–Crippen LogP) is 7.09. The van der Waals surface area contributed by atoms with Crippen LogP contribution in [0.5, 0.6) is 0 Å². The van der Waals surface area contributed by atoms with Crippen LogP contribution in [0, 0.1) is 29.6 Å². The van der Waals surface area contributed by atoms with E-state index in [1.54, 1.807) is 25.7 Å². The Balaban J connectivity index is 1.27. The first-order chi connectivity index (χ1) is 14.4. The Morgan fingerprint density at radius 2 is 1.10 bits per heavy atom. The Labute approximate surface area is 180 Å². The van der Waals surface area contributed by atoms with Crippen LogP contribution in [0.4, 0.5) is 0 Å². The van der Waals surface area contributed by atoms with Crippen LogP contribution in [0.15, 0.2) is 0 Å². The maximum Gasteiger partial charge on any atom is 0.0274 e. The first-order valence-corrected chi connectivity index (χ1v) is 13.9. The highest BCUT2D eigenvalue weighted by atomic mass is 15.5. The van der Waals surface area contributed by atoms with E-state index in [9.17, 15) is 0 Å². The third-order valence-corrected chi connectivity index (χ3v) is 10.1. The fourth-order valence-electron chi connectivity index (χ4n) is 8.11. The van der Waals surface area contributed by atoms with Crippen molar-refractivity contribution in [3.63, 3.8) is 0 Å². The molecule has 29 heavy (non-hydrogen) atoms. The summed E-state index contributed by atoms with van der Waals surface area (Å²) in [5.74, 6) is 5.15. The summed E-state index contributed by atoms with van der Waals surface area (Å²) in [4.78, 5) is 0. The molecule has 2 heterocycles. The number of nitrogens with one attached hydrogen (secondary N) is 1. The third kappa shape index (κ3) is 5.05. The normalized spacial score (nSPS) is 45.3. The fraction of sp³-hybridized carbons (Fsp3) is 1.00.